The molecule has 0 atom stereocenters. The van der Waals surface area contributed by atoms with Gasteiger partial charge in [0.2, 0.25) is 5.91 Å². The van der Waals surface area contributed by atoms with Crippen molar-refractivity contribution in [1.82, 2.24) is 19.9 Å². The molecule has 3 aromatic rings. The molecular formula is C15H17N5O2S2. The molecule has 0 aliphatic carbocycles. The third-order valence-corrected chi connectivity index (χ3v) is 5.06. The summed E-state index contributed by atoms with van der Waals surface area (Å²) in [6.45, 7) is 4.62. The fraction of sp³-hybridized carbons (Fsp3) is 0.333. The first-order valence-corrected chi connectivity index (χ1v) is 9.37. The summed E-state index contributed by atoms with van der Waals surface area (Å²) in [4.78, 5) is 13.0. The number of aromatic nitrogens is 4. The third kappa shape index (κ3) is 3.85. The van der Waals surface area contributed by atoms with Crippen LogP contribution in [0.1, 0.15) is 19.1 Å². The summed E-state index contributed by atoms with van der Waals surface area (Å²) in [5.41, 5.74) is 0. The first-order chi connectivity index (χ1) is 11.7. The van der Waals surface area contributed by atoms with Gasteiger partial charge in [-0.3, -0.25) is 4.79 Å². The molecule has 0 radical (unpaired) electrons. The fourth-order valence-corrected chi connectivity index (χ4v) is 3.79. The lowest BCUT2D eigenvalue weighted by molar-refractivity contribution is -0.115. The van der Waals surface area contributed by atoms with E-state index in [9.17, 15) is 4.79 Å². The minimum Gasteiger partial charge on any atom is -0.360 e. The number of anilines is 1. The molecule has 0 saturated carbocycles. The molecule has 24 heavy (non-hydrogen) atoms. The van der Waals surface area contributed by atoms with Crippen molar-refractivity contribution < 1.29 is 9.32 Å². The minimum absolute atomic E-state index is 0.100. The molecule has 9 heteroatoms. The van der Waals surface area contributed by atoms with Crippen LogP contribution in [0.25, 0.3) is 10.7 Å². The molecular weight excluding hydrogens is 346 g/mol. The Morgan fingerprint density at radius 1 is 1.46 bits per heavy atom. The molecule has 0 aromatic carbocycles. The van der Waals surface area contributed by atoms with Crippen molar-refractivity contribution in [3.8, 4) is 10.7 Å². The van der Waals surface area contributed by atoms with Crippen LogP contribution >= 0.6 is 23.1 Å². The quantitative estimate of drug-likeness (QED) is 0.647. The second-order valence-corrected chi connectivity index (χ2v) is 7.01. The van der Waals surface area contributed by atoms with Crippen LogP contribution in [0.3, 0.4) is 0 Å². The van der Waals surface area contributed by atoms with Gasteiger partial charge < -0.3 is 14.4 Å². The van der Waals surface area contributed by atoms with Crippen molar-refractivity contribution in [1.29, 1.82) is 0 Å². The second-order valence-electron chi connectivity index (χ2n) is 5.00. The molecule has 1 amide bonds. The van der Waals surface area contributed by atoms with Crippen LogP contribution in [-0.2, 0) is 11.3 Å². The monoisotopic (exact) mass is 363 g/mol. The summed E-state index contributed by atoms with van der Waals surface area (Å²) < 4.78 is 6.98. The first-order valence-electron chi connectivity index (χ1n) is 7.50. The number of nitrogens with one attached hydrogen (secondary N) is 1. The van der Waals surface area contributed by atoms with Crippen molar-refractivity contribution in [3.63, 3.8) is 0 Å². The molecule has 0 saturated heterocycles. The minimum atomic E-state index is -0.100. The van der Waals surface area contributed by atoms with Crippen molar-refractivity contribution in [2.24, 2.45) is 0 Å². The lowest BCUT2D eigenvalue weighted by atomic mass is 10.4. The van der Waals surface area contributed by atoms with Crippen LogP contribution in [0.15, 0.2) is 33.3 Å². The SMILES string of the molecule is CCn1c(SCCC(=O)Nc2cc(C)on2)nnc1-c1cccs1. The zero-order chi connectivity index (χ0) is 16.9. The molecule has 0 spiro atoms. The largest absolute Gasteiger partial charge is 0.360 e. The zero-order valence-corrected chi connectivity index (χ0v) is 15.0. The van der Waals surface area contributed by atoms with Crippen LogP contribution in [-0.4, -0.2) is 31.6 Å². The molecule has 7 nitrogen and oxygen atoms in total. The van der Waals surface area contributed by atoms with Crippen LogP contribution in [0.4, 0.5) is 5.82 Å². The van der Waals surface area contributed by atoms with Crippen molar-refractivity contribution in [2.45, 2.75) is 32.0 Å². The summed E-state index contributed by atoms with van der Waals surface area (Å²) in [6, 6.07) is 5.71. The van der Waals surface area contributed by atoms with Gasteiger partial charge in [0.1, 0.15) is 5.76 Å². The average Bonchev–Trinajstić information content (AvgIpc) is 3.27. The summed E-state index contributed by atoms with van der Waals surface area (Å²) in [7, 11) is 0. The Labute approximate surface area is 147 Å². The lowest BCUT2D eigenvalue weighted by Gasteiger charge is -2.06. The first kappa shape index (κ1) is 16.7. The Hall–Kier alpha value is -2.13. The van der Waals surface area contributed by atoms with Gasteiger partial charge in [-0.15, -0.1) is 21.5 Å². The van der Waals surface area contributed by atoms with E-state index in [0.717, 1.165) is 22.4 Å². The molecule has 1 N–H and O–H groups in total. The normalized spacial score (nSPS) is 10.9. The number of carbonyl (C=O) groups excluding carboxylic acids is 1. The number of amides is 1. The molecule has 3 aromatic heterocycles. The number of aryl methyl sites for hydroxylation is 1. The number of thiophene rings is 1. The van der Waals surface area contributed by atoms with Crippen LogP contribution in [0.5, 0.6) is 0 Å². The Balaban J connectivity index is 1.56. The highest BCUT2D eigenvalue weighted by Crippen LogP contribution is 2.27. The van der Waals surface area contributed by atoms with E-state index in [1.165, 1.54) is 11.8 Å². The maximum absolute atomic E-state index is 11.9. The summed E-state index contributed by atoms with van der Waals surface area (Å²) in [6.07, 6.45) is 0.363. The summed E-state index contributed by atoms with van der Waals surface area (Å²) >= 11 is 3.16. The van der Waals surface area contributed by atoms with Gasteiger partial charge in [0, 0.05) is 24.8 Å². The number of rotatable bonds is 7. The van der Waals surface area contributed by atoms with E-state index in [1.807, 2.05) is 17.5 Å². The standard InChI is InChI=1S/C15H17N5O2S2/c1-3-20-14(11-5-4-7-23-11)17-18-15(20)24-8-6-13(21)16-12-9-10(2)22-19-12/h4-5,7,9H,3,6,8H2,1-2H3,(H,16,19,21). The highest BCUT2D eigenvalue weighted by molar-refractivity contribution is 7.99. The van der Waals surface area contributed by atoms with E-state index in [1.54, 1.807) is 24.3 Å². The number of thioether (sulfide) groups is 1. The third-order valence-electron chi connectivity index (χ3n) is 3.23. The Kier molecular flexibility index (Phi) is 5.31. The Bertz CT molecular complexity index is 810. The van der Waals surface area contributed by atoms with Gasteiger partial charge in [-0.05, 0) is 25.3 Å². The highest BCUT2D eigenvalue weighted by atomic mass is 32.2. The van der Waals surface area contributed by atoms with Crippen molar-refractivity contribution >= 4 is 34.8 Å². The van der Waals surface area contributed by atoms with Crippen molar-refractivity contribution in [2.75, 3.05) is 11.1 Å². The van der Waals surface area contributed by atoms with Gasteiger partial charge in [0.25, 0.3) is 0 Å². The van der Waals surface area contributed by atoms with Gasteiger partial charge in [0.05, 0.1) is 4.88 Å². The maximum Gasteiger partial charge on any atom is 0.226 e. The zero-order valence-electron chi connectivity index (χ0n) is 13.4. The molecule has 3 rings (SSSR count). The Morgan fingerprint density at radius 3 is 3.00 bits per heavy atom. The van der Waals surface area contributed by atoms with Crippen LogP contribution in [0.2, 0.25) is 0 Å². The number of nitrogens with zero attached hydrogens (tertiary/aromatic N) is 4. The smallest absolute Gasteiger partial charge is 0.226 e. The fourth-order valence-electron chi connectivity index (χ4n) is 2.13. The molecule has 0 unspecified atom stereocenters. The van der Waals surface area contributed by atoms with E-state index in [-0.39, 0.29) is 5.91 Å². The number of carbonyl (C=O) groups is 1. The van der Waals surface area contributed by atoms with E-state index in [0.29, 0.717) is 23.8 Å². The van der Waals surface area contributed by atoms with Crippen LogP contribution in [0, 0.1) is 6.92 Å². The second kappa shape index (κ2) is 7.63. The van der Waals surface area contributed by atoms with Gasteiger partial charge >= 0.3 is 0 Å². The molecule has 0 bridgehead atoms. The topological polar surface area (TPSA) is 85.8 Å². The van der Waals surface area contributed by atoms with E-state index >= 15 is 0 Å². The van der Waals surface area contributed by atoms with Crippen molar-refractivity contribution in [3.05, 3.63) is 29.3 Å². The lowest BCUT2D eigenvalue weighted by Crippen LogP contribution is -2.12. The summed E-state index contributed by atoms with van der Waals surface area (Å²) in [5, 5.41) is 17.8. The number of hydrogen-bond acceptors (Lipinski definition) is 7. The van der Waals surface area contributed by atoms with Gasteiger partial charge in [-0.1, -0.05) is 23.0 Å². The molecule has 0 aliphatic heterocycles. The highest BCUT2D eigenvalue weighted by Gasteiger charge is 2.14. The maximum atomic E-state index is 11.9. The molecule has 3 heterocycles. The Morgan fingerprint density at radius 2 is 2.33 bits per heavy atom. The number of hydrogen-bond donors (Lipinski definition) is 1. The van der Waals surface area contributed by atoms with Crippen LogP contribution < -0.4 is 5.32 Å². The predicted octanol–water partition coefficient (Wildman–Crippen LogP) is 3.44. The van der Waals surface area contributed by atoms with E-state index in [2.05, 4.69) is 32.2 Å². The predicted molar refractivity (Wildman–Crippen MR) is 94.2 cm³/mol. The van der Waals surface area contributed by atoms with E-state index < -0.39 is 0 Å². The van der Waals surface area contributed by atoms with Gasteiger partial charge in [-0.2, -0.15) is 0 Å². The molecule has 0 fully saturated rings. The summed E-state index contributed by atoms with van der Waals surface area (Å²) in [5.74, 6) is 2.50. The molecule has 0 aliphatic rings. The molecule has 126 valence electrons. The van der Waals surface area contributed by atoms with Gasteiger partial charge in [-0.25, -0.2) is 0 Å². The van der Waals surface area contributed by atoms with E-state index in [4.69, 9.17) is 4.52 Å². The van der Waals surface area contributed by atoms with Gasteiger partial charge in [0.15, 0.2) is 16.8 Å². The average molecular weight is 363 g/mol.